The van der Waals surface area contributed by atoms with Crippen molar-refractivity contribution in [3.8, 4) is 11.5 Å². The molecule has 2 rings (SSSR count). The molecule has 22 heavy (non-hydrogen) atoms. The van der Waals surface area contributed by atoms with E-state index in [1.165, 1.54) is 0 Å². The van der Waals surface area contributed by atoms with E-state index in [2.05, 4.69) is 5.32 Å². The Labute approximate surface area is 138 Å². The Kier molecular flexibility index (Phi) is 6.97. The second-order valence-electron chi connectivity index (χ2n) is 5.64. The van der Waals surface area contributed by atoms with Crippen molar-refractivity contribution in [2.75, 3.05) is 19.8 Å². The topological polar surface area (TPSA) is 73.6 Å². The zero-order chi connectivity index (χ0) is 15.3. The van der Waals surface area contributed by atoms with Gasteiger partial charge in [-0.2, -0.15) is 0 Å². The van der Waals surface area contributed by atoms with Crippen LogP contribution in [0.3, 0.4) is 0 Å². The van der Waals surface area contributed by atoms with Gasteiger partial charge in [-0.25, -0.2) is 0 Å². The lowest BCUT2D eigenvalue weighted by molar-refractivity contribution is -0.125. The first-order valence-corrected chi connectivity index (χ1v) is 7.44. The van der Waals surface area contributed by atoms with Crippen molar-refractivity contribution in [1.82, 2.24) is 5.32 Å². The molecule has 0 aliphatic heterocycles. The van der Waals surface area contributed by atoms with Crippen molar-refractivity contribution in [3.05, 3.63) is 24.3 Å². The van der Waals surface area contributed by atoms with E-state index in [0.717, 1.165) is 18.6 Å². The predicted molar refractivity (Wildman–Crippen MR) is 88.7 cm³/mol. The van der Waals surface area contributed by atoms with Crippen LogP contribution in [-0.2, 0) is 4.79 Å². The van der Waals surface area contributed by atoms with Gasteiger partial charge < -0.3 is 20.5 Å². The van der Waals surface area contributed by atoms with Gasteiger partial charge in [0.05, 0.1) is 12.1 Å². The molecule has 5 nitrogen and oxygen atoms in total. The van der Waals surface area contributed by atoms with Crippen molar-refractivity contribution in [3.63, 3.8) is 0 Å². The molecule has 1 aromatic carbocycles. The van der Waals surface area contributed by atoms with E-state index in [-0.39, 0.29) is 30.5 Å². The highest BCUT2D eigenvalue weighted by atomic mass is 35.5. The maximum atomic E-state index is 12.0. The van der Waals surface area contributed by atoms with Crippen LogP contribution in [0.2, 0.25) is 0 Å². The monoisotopic (exact) mass is 328 g/mol. The highest BCUT2D eigenvalue weighted by Crippen LogP contribution is 2.38. The molecular weight excluding hydrogens is 304 g/mol. The highest BCUT2D eigenvalue weighted by molar-refractivity contribution is 5.85. The van der Waals surface area contributed by atoms with E-state index < -0.39 is 0 Å². The molecule has 1 aromatic rings. The zero-order valence-corrected chi connectivity index (χ0v) is 13.9. The summed E-state index contributed by atoms with van der Waals surface area (Å²) in [4.78, 5) is 12.0. The Morgan fingerprint density at radius 2 is 1.82 bits per heavy atom. The lowest BCUT2D eigenvalue weighted by Gasteiger charge is -2.29. The minimum atomic E-state index is -0.306. The van der Waals surface area contributed by atoms with Crippen LogP contribution in [0.1, 0.15) is 26.7 Å². The van der Waals surface area contributed by atoms with Crippen molar-refractivity contribution >= 4 is 18.3 Å². The van der Waals surface area contributed by atoms with Gasteiger partial charge in [-0.05, 0) is 56.9 Å². The van der Waals surface area contributed by atoms with Gasteiger partial charge >= 0.3 is 0 Å². The van der Waals surface area contributed by atoms with Crippen molar-refractivity contribution in [2.24, 2.45) is 11.7 Å². The minimum Gasteiger partial charge on any atom is -0.494 e. The minimum absolute atomic E-state index is 0. The Morgan fingerprint density at radius 1 is 1.27 bits per heavy atom. The molecule has 0 aromatic heterocycles. The molecule has 1 fully saturated rings. The summed E-state index contributed by atoms with van der Waals surface area (Å²) in [6, 6.07) is 7.23. The van der Waals surface area contributed by atoms with Gasteiger partial charge in [0.2, 0.25) is 0 Å². The van der Waals surface area contributed by atoms with Gasteiger partial charge in [-0.1, -0.05) is 0 Å². The van der Waals surface area contributed by atoms with E-state index in [4.69, 9.17) is 15.2 Å². The number of amides is 1. The number of benzene rings is 1. The standard InChI is InChI=1S/C16H24N2O3.ClH/c1-3-20-13-6-8-14(9-7-13)21-10-15(19)18-16(2,11-17)12-4-5-12;/h6-9,12H,3-5,10-11,17H2,1-2H3,(H,18,19);1H. The fourth-order valence-electron chi connectivity index (χ4n) is 2.34. The number of hydrogen-bond acceptors (Lipinski definition) is 4. The van der Waals surface area contributed by atoms with Crippen LogP contribution in [-0.4, -0.2) is 31.2 Å². The summed E-state index contributed by atoms with van der Waals surface area (Å²) in [5, 5.41) is 2.99. The molecule has 1 atom stereocenters. The lowest BCUT2D eigenvalue weighted by atomic mass is 9.96. The second kappa shape index (κ2) is 8.25. The molecule has 3 N–H and O–H groups in total. The zero-order valence-electron chi connectivity index (χ0n) is 13.1. The van der Waals surface area contributed by atoms with Crippen LogP contribution >= 0.6 is 12.4 Å². The molecule has 0 bridgehead atoms. The third-order valence-electron chi connectivity index (χ3n) is 3.83. The van der Waals surface area contributed by atoms with Gasteiger partial charge in [-0.3, -0.25) is 4.79 Å². The number of nitrogens with two attached hydrogens (primary N) is 1. The highest BCUT2D eigenvalue weighted by Gasteiger charge is 2.41. The summed E-state index contributed by atoms with van der Waals surface area (Å²) in [5.41, 5.74) is 5.47. The third kappa shape index (κ3) is 5.07. The van der Waals surface area contributed by atoms with E-state index in [1.54, 1.807) is 12.1 Å². The van der Waals surface area contributed by atoms with Crippen molar-refractivity contribution in [1.29, 1.82) is 0 Å². The molecule has 0 spiro atoms. The van der Waals surface area contributed by atoms with E-state index in [0.29, 0.717) is 24.8 Å². The van der Waals surface area contributed by atoms with Crippen LogP contribution < -0.4 is 20.5 Å². The average Bonchev–Trinajstić information content (AvgIpc) is 3.32. The quantitative estimate of drug-likeness (QED) is 0.766. The molecular formula is C16H25ClN2O3. The summed E-state index contributed by atoms with van der Waals surface area (Å²) in [6.07, 6.45) is 2.27. The van der Waals surface area contributed by atoms with Gasteiger partial charge in [-0.15, -0.1) is 12.4 Å². The number of carbonyl (C=O) groups is 1. The molecule has 1 aliphatic carbocycles. The van der Waals surface area contributed by atoms with E-state index in [9.17, 15) is 4.79 Å². The van der Waals surface area contributed by atoms with E-state index in [1.807, 2.05) is 26.0 Å². The summed E-state index contributed by atoms with van der Waals surface area (Å²) in [7, 11) is 0. The van der Waals surface area contributed by atoms with Crippen molar-refractivity contribution in [2.45, 2.75) is 32.2 Å². The van der Waals surface area contributed by atoms with E-state index >= 15 is 0 Å². The Balaban J connectivity index is 0.00000242. The Bertz CT molecular complexity index is 477. The first-order valence-electron chi connectivity index (χ1n) is 7.44. The van der Waals surface area contributed by atoms with Crippen LogP contribution in [0.4, 0.5) is 0 Å². The summed E-state index contributed by atoms with van der Waals surface area (Å²) < 4.78 is 10.8. The number of hydrogen-bond donors (Lipinski definition) is 2. The van der Waals surface area contributed by atoms with Crippen LogP contribution in [0.15, 0.2) is 24.3 Å². The first kappa shape index (κ1) is 18.6. The molecule has 0 radical (unpaired) electrons. The molecule has 1 saturated carbocycles. The third-order valence-corrected chi connectivity index (χ3v) is 3.83. The largest absolute Gasteiger partial charge is 0.494 e. The fraction of sp³-hybridized carbons (Fsp3) is 0.562. The SMILES string of the molecule is CCOc1ccc(OCC(=O)NC(C)(CN)C2CC2)cc1.Cl. The molecule has 124 valence electrons. The summed E-state index contributed by atoms with van der Waals surface area (Å²) in [5.74, 6) is 1.80. The maximum absolute atomic E-state index is 12.0. The van der Waals surface area contributed by atoms with Gasteiger partial charge in [0.1, 0.15) is 11.5 Å². The van der Waals surface area contributed by atoms with Crippen LogP contribution in [0.5, 0.6) is 11.5 Å². The molecule has 0 saturated heterocycles. The van der Waals surface area contributed by atoms with Crippen LogP contribution in [0, 0.1) is 5.92 Å². The molecule has 1 amide bonds. The number of ether oxygens (including phenoxy) is 2. The maximum Gasteiger partial charge on any atom is 0.258 e. The van der Waals surface area contributed by atoms with Crippen molar-refractivity contribution < 1.29 is 14.3 Å². The van der Waals surface area contributed by atoms with Gasteiger partial charge in [0, 0.05) is 6.54 Å². The van der Waals surface area contributed by atoms with Gasteiger partial charge in [0.15, 0.2) is 6.61 Å². The second-order valence-corrected chi connectivity index (χ2v) is 5.64. The lowest BCUT2D eigenvalue weighted by Crippen LogP contribution is -2.54. The fourth-order valence-corrected chi connectivity index (χ4v) is 2.34. The predicted octanol–water partition coefficient (Wildman–Crippen LogP) is 2.13. The van der Waals surface area contributed by atoms with Crippen LogP contribution in [0.25, 0.3) is 0 Å². The molecule has 0 heterocycles. The molecule has 1 aliphatic rings. The number of nitrogens with one attached hydrogen (secondary N) is 1. The number of rotatable bonds is 8. The smallest absolute Gasteiger partial charge is 0.258 e. The Morgan fingerprint density at radius 3 is 2.27 bits per heavy atom. The number of halogens is 1. The molecule has 6 heteroatoms. The first-order chi connectivity index (χ1) is 10.1. The normalized spacial score (nSPS) is 16.1. The average molecular weight is 329 g/mol. The number of carbonyl (C=O) groups excluding carboxylic acids is 1. The van der Waals surface area contributed by atoms with Gasteiger partial charge in [0.25, 0.3) is 5.91 Å². The molecule has 1 unspecified atom stereocenters. The summed E-state index contributed by atoms with van der Waals surface area (Å²) in [6.45, 7) is 5.01. The Hall–Kier alpha value is -1.46. The summed E-state index contributed by atoms with van der Waals surface area (Å²) >= 11 is 0.